The largest absolute Gasteiger partial charge is 0.241 e. The molecule has 21 heavy (non-hydrogen) atoms. The summed E-state index contributed by atoms with van der Waals surface area (Å²) in [6.07, 6.45) is 0. The first kappa shape index (κ1) is 16.7. The van der Waals surface area contributed by atoms with Crippen LogP contribution in [0, 0.1) is 20.8 Å². The van der Waals surface area contributed by atoms with Crippen LogP contribution < -0.4 is 4.72 Å². The number of hydrogen-bond donors (Lipinski definition) is 1. The highest BCUT2D eigenvalue weighted by molar-refractivity contribution is 7.92. The summed E-state index contributed by atoms with van der Waals surface area (Å²) in [5.41, 5.74) is 2.49. The highest BCUT2D eigenvalue weighted by Crippen LogP contribution is 2.23. The molecule has 0 radical (unpaired) electrons. The maximum absolute atomic E-state index is 12.5. The zero-order valence-electron chi connectivity index (χ0n) is 12.1. The highest BCUT2D eigenvalue weighted by atomic mass is 35.5. The number of hydrogen-bond acceptors (Lipinski definition) is 4. The smallest absolute Gasteiger partial charge is 0.229 e. The van der Waals surface area contributed by atoms with Crippen LogP contribution in [0.3, 0.4) is 0 Å². The fraction of sp³-hybridized carbons (Fsp3) is 0.538. The normalized spacial score (nSPS) is 25.1. The van der Waals surface area contributed by atoms with E-state index < -0.39 is 31.3 Å². The molecule has 0 bridgehead atoms. The van der Waals surface area contributed by atoms with Gasteiger partial charge in [-0.15, -0.1) is 11.6 Å². The molecule has 1 aliphatic rings. The van der Waals surface area contributed by atoms with Crippen LogP contribution in [-0.2, 0) is 19.9 Å². The third-order valence-corrected chi connectivity index (χ3v) is 7.68. The molecule has 2 atom stereocenters. The molecule has 1 heterocycles. The summed E-state index contributed by atoms with van der Waals surface area (Å²) in [4.78, 5) is 0.166. The predicted molar refractivity (Wildman–Crippen MR) is 83.1 cm³/mol. The monoisotopic (exact) mass is 351 g/mol. The van der Waals surface area contributed by atoms with Gasteiger partial charge < -0.3 is 0 Å². The Morgan fingerprint density at radius 2 is 1.67 bits per heavy atom. The minimum atomic E-state index is -3.80. The average molecular weight is 352 g/mol. The summed E-state index contributed by atoms with van der Waals surface area (Å²) in [6.45, 7) is 5.45. The molecule has 5 nitrogen and oxygen atoms in total. The molecule has 0 aromatic heterocycles. The third-order valence-electron chi connectivity index (χ3n) is 3.67. The summed E-state index contributed by atoms with van der Waals surface area (Å²) in [5, 5.41) is -0.739. The topological polar surface area (TPSA) is 80.3 Å². The molecule has 2 rings (SSSR count). The second kappa shape index (κ2) is 5.53. The van der Waals surface area contributed by atoms with E-state index in [1.54, 1.807) is 19.1 Å². The van der Waals surface area contributed by atoms with Crippen LogP contribution in [0.15, 0.2) is 17.0 Å². The summed E-state index contributed by atoms with van der Waals surface area (Å²) in [7, 11) is -7.08. The molecule has 1 fully saturated rings. The number of sulfonamides is 1. The Morgan fingerprint density at radius 1 is 1.10 bits per heavy atom. The first-order chi connectivity index (χ1) is 9.52. The fourth-order valence-electron chi connectivity index (χ4n) is 2.40. The number of alkyl halides is 1. The molecule has 1 aliphatic heterocycles. The zero-order chi connectivity index (χ0) is 16.0. The molecule has 0 aliphatic carbocycles. The van der Waals surface area contributed by atoms with Crippen LogP contribution in [0.4, 0.5) is 0 Å². The van der Waals surface area contributed by atoms with Crippen molar-refractivity contribution < 1.29 is 16.8 Å². The van der Waals surface area contributed by atoms with E-state index in [2.05, 4.69) is 4.72 Å². The SMILES string of the molecule is Cc1cc(C)c(S(=O)(=O)N[C@H]2CS(=O)(=O)C[C@H]2Cl)cc1C. The lowest BCUT2D eigenvalue weighted by molar-refractivity contribution is 0.563. The minimum absolute atomic E-state index is 0.166. The van der Waals surface area contributed by atoms with E-state index >= 15 is 0 Å². The van der Waals surface area contributed by atoms with Crippen molar-refractivity contribution in [3.63, 3.8) is 0 Å². The molecule has 8 heteroatoms. The van der Waals surface area contributed by atoms with Gasteiger partial charge in [0.2, 0.25) is 10.0 Å². The summed E-state index contributed by atoms with van der Waals surface area (Å²) >= 11 is 5.95. The van der Waals surface area contributed by atoms with Gasteiger partial charge in [0.05, 0.1) is 27.8 Å². The van der Waals surface area contributed by atoms with Gasteiger partial charge in [0, 0.05) is 0 Å². The molecule has 1 aromatic rings. The van der Waals surface area contributed by atoms with Gasteiger partial charge in [-0.25, -0.2) is 21.6 Å². The van der Waals surface area contributed by atoms with Crippen molar-refractivity contribution in [2.24, 2.45) is 0 Å². The van der Waals surface area contributed by atoms with Gasteiger partial charge in [0.15, 0.2) is 9.84 Å². The minimum Gasteiger partial charge on any atom is -0.229 e. The van der Waals surface area contributed by atoms with Crippen molar-refractivity contribution in [1.29, 1.82) is 0 Å². The van der Waals surface area contributed by atoms with Gasteiger partial charge in [-0.3, -0.25) is 0 Å². The van der Waals surface area contributed by atoms with Crippen LogP contribution >= 0.6 is 11.6 Å². The van der Waals surface area contributed by atoms with Crippen LogP contribution in [0.25, 0.3) is 0 Å². The van der Waals surface area contributed by atoms with Gasteiger partial charge in [-0.05, 0) is 43.5 Å². The standard InChI is InChI=1S/C13H18ClNO4S2/c1-8-4-10(3)13(5-9(8)2)21(18,19)15-12-7-20(16,17)6-11(12)14/h4-5,11-12,15H,6-7H2,1-3H3/t11-,12+/m1/s1. The summed E-state index contributed by atoms with van der Waals surface area (Å²) in [5.74, 6) is -0.460. The van der Waals surface area contributed by atoms with Crippen molar-refractivity contribution in [2.45, 2.75) is 37.1 Å². The zero-order valence-corrected chi connectivity index (χ0v) is 14.4. The van der Waals surface area contributed by atoms with Crippen molar-refractivity contribution >= 4 is 31.5 Å². The maximum Gasteiger partial charge on any atom is 0.241 e. The van der Waals surface area contributed by atoms with E-state index in [9.17, 15) is 16.8 Å². The van der Waals surface area contributed by atoms with Gasteiger partial charge in [0.25, 0.3) is 0 Å². The first-order valence-corrected chi connectivity index (χ1v) is 10.2. The molecule has 0 spiro atoms. The number of benzene rings is 1. The lowest BCUT2D eigenvalue weighted by Crippen LogP contribution is -2.40. The number of nitrogens with one attached hydrogen (secondary N) is 1. The molecule has 0 unspecified atom stereocenters. The maximum atomic E-state index is 12.5. The van der Waals surface area contributed by atoms with E-state index in [-0.39, 0.29) is 16.4 Å². The van der Waals surface area contributed by atoms with Crippen LogP contribution in [0.5, 0.6) is 0 Å². The predicted octanol–water partition coefficient (Wildman–Crippen LogP) is 1.29. The number of rotatable bonds is 3. The third kappa shape index (κ3) is 3.59. The van der Waals surface area contributed by atoms with E-state index in [1.165, 1.54) is 0 Å². The Morgan fingerprint density at radius 3 is 2.19 bits per heavy atom. The molecule has 1 saturated heterocycles. The van der Waals surface area contributed by atoms with Gasteiger partial charge in [-0.1, -0.05) is 6.07 Å². The molecule has 1 N–H and O–H groups in total. The number of sulfone groups is 1. The highest BCUT2D eigenvalue weighted by Gasteiger charge is 2.39. The molecule has 118 valence electrons. The Labute approximate surface area is 130 Å². The Kier molecular flexibility index (Phi) is 4.41. The molecular weight excluding hydrogens is 334 g/mol. The second-order valence-electron chi connectivity index (χ2n) is 5.52. The van der Waals surface area contributed by atoms with Crippen LogP contribution in [-0.4, -0.2) is 39.8 Å². The number of aryl methyl sites for hydroxylation is 3. The van der Waals surface area contributed by atoms with E-state index in [0.717, 1.165) is 11.1 Å². The lowest BCUT2D eigenvalue weighted by atomic mass is 10.1. The molecule has 0 amide bonds. The summed E-state index contributed by atoms with van der Waals surface area (Å²) in [6, 6.07) is 2.61. The quantitative estimate of drug-likeness (QED) is 0.832. The Bertz CT molecular complexity index is 772. The average Bonchev–Trinajstić information content (AvgIpc) is 2.56. The van der Waals surface area contributed by atoms with Gasteiger partial charge >= 0.3 is 0 Å². The van der Waals surface area contributed by atoms with Crippen LogP contribution in [0.1, 0.15) is 16.7 Å². The molecule has 1 aromatic carbocycles. The van der Waals surface area contributed by atoms with Crippen molar-refractivity contribution in [2.75, 3.05) is 11.5 Å². The number of halogens is 1. The second-order valence-corrected chi connectivity index (χ2v) is 9.92. The Hall–Kier alpha value is -0.630. The summed E-state index contributed by atoms with van der Waals surface area (Å²) < 4.78 is 50.4. The van der Waals surface area contributed by atoms with E-state index in [0.29, 0.717) is 5.56 Å². The van der Waals surface area contributed by atoms with E-state index in [1.807, 2.05) is 13.8 Å². The Balaban J connectivity index is 2.34. The van der Waals surface area contributed by atoms with Gasteiger partial charge in [0.1, 0.15) is 0 Å². The molecular formula is C13H18ClNO4S2. The molecule has 0 saturated carbocycles. The van der Waals surface area contributed by atoms with E-state index in [4.69, 9.17) is 11.6 Å². The van der Waals surface area contributed by atoms with Crippen molar-refractivity contribution in [3.05, 3.63) is 28.8 Å². The first-order valence-electron chi connectivity index (χ1n) is 6.46. The van der Waals surface area contributed by atoms with Gasteiger partial charge in [-0.2, -0.15) is 0 Å². The van der Waals surface area contributed by atoms with Crippen molar-refractivity contribution in [1.82, 2.24) is 4.72 Å². The fourth-order valence-corrected chi connectivity index (χ4v) is 6.72. The lowest BCUT2D eigenvalue weighted by Gasteiger charge is -2.17. The van der Waals surface area contributed by atoms with Crippen molar-refractivity contribution in [3.8, 4) is 0 Å². The van der Waals surface area contributed by atoms with Crippen LogP contribution in [0.2, 0.25) is 0 Å².